The fourth-order valence-corrected chi connectivity index (χ4v) is 3.49. The van der Waals surface area contributed by atoms with Crippen molar-refractivity contribution in [1.82, 2.24) is 13.5 Å². The third kappa shape index (κ3) is 4.43. The lowest BCUT2D eigenvalue weighted by Crippen LogP contribution is -2.51. The molecule has 0 unspecified atom stereocenters. The number of halogens is 3. The SMILES string of the molecule is CN(C)S(=O)(=O)N1CCN(Cc2ccc(C(F)(F)F)cc2)CC1. The summed E-state index contributed by atoms with van der Waals surface area (Å²) in [5.74, 6) is 0. The van der Waals surface area contributed by atoms with E-state index in [1.54, 1.807) is 0 Å². The molecule has 0 saturated carbocycles. The summed E-state index contributed by atoms with van der Waals surface area (Å²) in [6.45, 7) is 2.36. The number of nitrogens with zero attached hydrogens (tertiary/aromatic N) is 3. The summed E-state index contributed by atoms with van der Waals surface area (Å²) in [5.41, 5.74) is 0.116. The van der Waals surface area contributed by atoms with Gasteiger partial charge in [0.2, 0.25) is 0 Å². The molecule has 23 heavy (non-hydrogen) atoms. The van der Waals surface area contributed by atoms with Gasteiger partial charge < -0.3 is 0 Å². The minimum Gasteiger partial charge on any atom is -0.296 e. The van der Waals surface area contributed by atoms with Crippen molar-refractivity contribution in [2.45, 2.75) is 12.7 Å². The molecule has 1 aliphatic heterocycles. The summed E-state index contributed by atoms with van der Waals surface area (Å²) >= 11 is 0. The zero-order valence-corrected chi connectivity index (χ0v) is 13.9. The van der Waals surface area contributed by atoms with Gasteiger partial charge in [0, 0.05) is 46.8 Å². The van der Waals surface area contributed by atoms with Crippen LogP contribution in [0.2, 0.25) is 0 Å². The average Bonchev–Trinajstić information content (AvgIpc) is 2.47. The van der Waals surface area contributed by atoms with E-state index in [2.05, 4.69) is 0 Å². The van der Waals surface area contributed by atoms with Gasteiger partial charge in [0.15, 0.2) is 0 Å². The quantitative estimate of drug-likeness (QED) is 0.828. The van der Waals surface area contributed by atoms with Gasteiger partial charge in [-0.05, 0) is 17.7 Å². The van der Waals surface area contributed by atoms with E-state index in [9.17, 15) is 21.6 Å². The predicted octanol–water partition coefficient (Wildman–Crippen LogP) is 1.63. The molecule has 0 bridgehead atoms. The molecular weight excluding hydrogens is 331 g/mol. The van der Waals surface area contributed by atoms with Crippen molar-refractivity contribution < 1.29 is 21.6 Å². The summed E-state index contributed by atoms with van der Waals surface area (Å²) in [7, 11) is -0.423. The van der Waals surface area contributed by atoms with E-state index < -0.39 is 21.9 Å². The molecule has 0 N–H and O–H groups in total. The third-order valence-corrected chi connectivity index (χ3v) is 5.75. The van der Waals surface area contributed by atoms with Crippen LogP contribution in [0, 0.1) is 0 Å². The minimum absolute atomic E-state index is 0.376. The zero-order valence-electron chi connectivity index (χ0n) is 13.0. The fourth-order valence-electron chi connectivity index (χ4n) is 2.41. The number of hydrogen-bond acceptors (Lipinski definition) is 3. The van der Waals surface area contributed by atoms with Gasteiger partial charge in [0.1, 0.15) is 0 Å². The lowest BCUT2D eigenvalue weighted by molar-refractivity contribution is -0.137. The van der Waals surface area contributed by atoms with E-state index in [-0.39, 0.29) is 0 Å². The van der Waals surface area contributed by atoms with Gasteiger partial charge in [0.05, 0.1) is 5.56 Å². The zero-order chi connectivity index (χ0) is 17.3. The van der Waals surface area contributed by atoms with Crippen molar-refractivity contribution in [3.8, 4) is 0 Å². The fraction of sp³-hybridized carbons (Fsp3) is 0.571. The van der Waals surface area contributed by atoms with Gasteiger partial charge in [-0.2, -0.15) is 30.2 Å². The lowest BCUT2D eigenvalue weighted by atomic mass is 10.1. The van der Waals surface area contributed by atoms with E-state index in [0.717, 1.165) is 17.7 Å². The highest BCUT2D eigenvalue weighted by Gasteiger charge is 2.30. The molecule has 1 aromatic rings. The molecule has 2 rings (SSSR count). The Hall–Kier alpha value is -1.16. The first-order valence-corrected chi connectivity index (χ1v) is 8.56. The molecule has 1 aliphatic rings. The summed E-state index contributed by atoms with van der Waals surface area (Å²) in [6.07, 6.45) is -4.33. The lowest BCUT2D eigenvalue weighted by Gasteiger charge is -2.35. The summed E-state index contributed by atoms with van der Waals surface area (Å²) < 4.78 is 64.2. The minimum atomic E-state index is -4.33. The second-order valence-electron chi connectivity index (χ2n) is 5.66. The molecule has 0 aromatic heterocycles. The van der Waals surface area contributed by atoms with Crippen molar-refractivity contribution in [3.05, 3.63) is 35.4 Å². The van der Waals surface area contributed by atoms with Crippen LogP contribution in [-0.2, 0) is 22.9 Å². The summed E-state index contributed by atoms with van der Waals surface area (Å²) in [4.78, 5) is 2.03. The van der Waals surface area contributed by atoms with Gasteiger partial charge in [-0.3, -0.25) is 4.90 Å². The number of alkyl halides is 3. The standard InChI is InChI=1S/C14H20F3N3O2S/c1-18(2)23(21,22)20-9-7-19(8-10-20)11-12-3-5-13(6-4-12)14(15,16)17/h3-6H,7-11H2,1-2H3. The van der Waals surface area contributed by atoms with Crippen molar-refractivity contribution >= 4 is 10.2 Å². The molecule has 1 heterocycles. The normalized spacial score (nSPS) is 18.5. The molecule has 0 radical (unpaired) electrons. The molecule has 0 aliphatic carbocycles. The van der Waals surface area contributed by atoms with Crippen LogP contribution >= 0.6 is 0 Å². The predicted molar refractivity (Wildman–Crippen MR) is 80.9 cm³/mol. The number of benzene rings is 1. The maximum atomic E-state index is 12.5. The largest absolute Gasteiger partial charge is 0.416 e. The van der Waals surface area contributed by atoms with Crippen LogP contribution in [0.5, 0.6) is 0 Å². The first-order chi connectivity index (χ1) is 10.6. The average molecular weight is 351 g/mol. The molecule has 0 atom stereocenters. The van der Waals surface area contributed by atoms with Crippen molar-refractivity contribution in [1.29, 1.82) is 0 Å². The van der Waals surface area contributed by atoms with Crippen LogP contribution in [0.15, 0.2) is 24.3 Å². The van der Waals surface area contributed by atoms with Gasteiger partial charge in [-0.15, -0.1) is 0 Å². The van der Waals surface area contributed by atoms with Gasteiger partial charge in [0.25, 0.3) is 10.2 Å². The number of piperazine rings is 1. The Balaban J connectivity index is 1.92. The van der Waals surface area contributed by atoms with Gasteiger partial charge >= 0.3 is 6.18 Å². The third-order valence-electron chi connectivity index (χ3n) is 3.81. The molecule has 0 spiro atoms. The van der Waals surface area contributed by atoms with Crippen LogP contribution < -0.4 is 0 Å². The Bertz CT molecular complexity index is 622. The van der Waals surface area contributed by atoms with E-state index in [4.69, 9.17) is 0 Å². The second-order valence-corrected chi connectivity index (χ2v) is 7.80. The van der Waals surface area contributed by atoms with E-state index >= 15 is 0 Å². The van der Waals surface area contributed by atoms with E-state index in [1.165, 1.54) is 34.8 Å². The molecular formula is C14H20F3N3O2S. The molecule has 1 aromatic carbocycles. The van der Waals surface area contributed by atoms with Crippen LogP contribution in [-0.4, -0.2) is 62.2 Å². The Labute approximate surface area is 134 Å². The molecule has 130 valence electrons. The maximum absolute atomic E-state index is 12.5. The van der Waals surface area contributed by atoms with Gasteiger partial charge in [-0.25, -0.2) is 0 Å². The van der Waals surface area contributed by atoms with Crippen molar-refractivity contribution in [2.75, 3.05) is 40.3 Å². The molecule has 5 nitrogen and oxygen atoms in total. The number of hydrogen-bond donors (Lipinski definition) is 0. The highest BCUT2D eigenvalue weighted by molar-refractivity contribution is 7.86. The smallest absolute Gasteiger partial charge is 0.296 e. The Morgan fingerprint density at radius 1 is 1.04 bits per heavy atom. The topological polar surface area (TPSA) is 43.9 Å². The number of rotatable bonds is 4. The highest BCUT2D eigenvalue weighted by atomic mass is 32.2. The molecule has 1 fully saturated rings. The Morgan fingerprint density at radius 3 is 2.00 bits per heavy atom. The monoisotopic (exact) mass is 351 g/mol. The van der Waals surface area contributed by atoms with Gasteiger partial charge in [-0.1, -0.05) is 12.1 Å². The second kappa shape index (κ2) is 6.76. The van der Waals surface area contributed by atoms with E-state index in [1.807, 2.05) is 4.90 Å². The molecule has 1 saturated heterocycles. The summed E-state index contributed by atoms with van der Waals surface area (Å²) in [5, 5.41) is 0. The van der Waals surface area contributed by atoms with Crippen molar-refractivity contribution in [2.24, 2.45) is 0 Å². The first-order valence-electron chi connectivity index (χ1n) is 7.17. The molecule has 0 amide bonds. The van der Waals surface area contributed by atoms with Crippen LogP contribution in [0.25, 0.3) is 0 Å². The molecule has 9 heteroatoms. The summed E-state index contributed by atoms with van der Waals surface area (Å²) in [6, 6.07) is 5.07. The van der Waals surface area contributed by atoms with Crippen LogP contribution in [0.1, 0.15) is 11.1 Å². The Kier molecular flexibility index (Phi) is 5.34. The highest BCUT2D eigenvalue weighted by Crippen LogP contribution is 2.29. The van der Waals surface area contributed by atoms with Crippen molar-refractivity contribution in [3.63, 3.8) is 0 Å². The van der Waals surface area contributed by atoms with E-state index in [0.29, 0.717) is 32.7 Å². The van der Waals surface area contributed by atoms with Crippen LogP contribution in [0.3, 0.4) is 0 Å². The Morgan fingerprint density at radius 2 is 1.57 bits per heavy atom. The first kappa shape index (κ1) is 18.2. The maximum Gasteiger partial charge on any atom is 0.416 e. The van der Waals surface area contributed by atoms with Crippen LogP contribution in [0.4, 0.5) is 13.2 Å².